The van der Waals surface area contributed by atoms with Crippen molar-refractivity contribution in [3.63, 3.8) is 0 Å². The molecule has 0 heterocycles. The summed E-state index contributed by atoms with van der Waals surface area (Å²) >= 11 is 8.87. The normalized spacial score (nSPS) is 10.5. The van der Waals surface area contributed by atoms with Gasteiger partial charge in [-0.05, 0) is 51.8 Å². The molecule has 0 aromatic heterocycles. The number of nitrogens with two attached hydrogens (primary N) is 1. The SMILES string of the molecule is Nc1cc(Cl)ccc1C(=O)Cc1ccc(F)c(Br)c1. The number of carbonyl (C=O) groups is 1. The van der Waals surface area contributed by atoms with Crippen LogP contribution in [0.5, 0.6) is 0 Å². The highest BCUT2D eigenvalue weighted by Crippen LogP contribution is 2.21. The van der Waals surface area contributed by atoms with E-state index < -0.39 is 0 Å². The summed E-state index contributed by atoms with van der Waals surface area (Å²) in [4.78, 5) is 12.1. The standard InChI is InChI=1S/C14H10BrClFNO/c15-11-5-8(1-4-12(11)17)6-14(19)10-3-2-9(16)7-13(10)18/h1-5,7H,6,18H2. The Bertz CT molecular complexity index is 645. The predicted molar refractivity (Wildman–Crippen MR) is 78.0 cm³/mol. The highest BCUT2D eigenvalue weighted by atomic mass is 79.9. The lowest BCUT2D eigenvalue weighted by Gasteiger charge is -2.06. The van der Waals surface area contributed by atoms with E-state index in [9.17, 15) is 9.18 Å². The predicted octanol–water partition coefficient (Wildman–Crippen LogP) is 4.25. The molecule has 5 heteroatoms. The van der Waals surface area contributed by atoms with E-state index in [0.29, 0.717) is 26.3 Å². The Morgan fingerprint density at radius 2 is 2.00 bits per heavy atom. The molecule has 0 radical (unpaired) electrons. The van der Waals surface area contributed by atoms with Crippen molar-refractivity contribution >= 4 is 39.0 Å². The van der Waals surface area contributed by atoms with Crippen molar-refractivity contribution in [1.82, 2.24) is 0 Å². The smallest absolute Gasteiger partial charge is 0.169 e. The largest absolute Gasteiger partial charge is 0.398 e. The van der Waals surface area contributed by atoms with Crippen LogP contribution in [0.3, 0.4) is 0 Å². The number of anilines is 1. The molecule has 2 aromatic carbocycles. The van der Waals surface area contributed by atoms with Crippen molar-refractivity contribution in [2.45, 2.75) is 6.42 Å². The second-order valence-electron chi connectivity index (χ2n) is 4.08. The zero-order valence-electron chi connectivity index (χ0n) is 9.79. The molecular weight excluding hydrogens is 333 g/mol. The number of hydrogen-bond donors (Lipinski definition) is 1. The second kappa shape index (κ2) is 5.72. The first-order valence-electron chi connectivity index (χ1n) is 5.49. The van der Waals surface area contributed by atoms with E-state index in [1.807, 2.05) is 0 Å². The lowest BCUT2D eigenvalue weighted by atomic mass is 10.0. The minimum Gasteiger partial charge on any atom is -0.398 e. The zero-order valence-corrected chi connectivity index (χ0v) is 12.1. The van der Waals surface area contributed by atoms with E-state index >= 15 is 0 Å². The van der Waals surface area contributed by atoms with Crippen LogP contribution in [0.25, 0.3) is 0 Å². The summed E-state index contributed by atoms with van der Waals surface area (Å²) in [6.07, 6.45) is 0.157. The molecule has 0 aliphatic heterocycles. The molecule has 0 aliphatic carbocycles. The fraction of sp³-hybridized carbons (Fsp3) is 0.0714. The third kappa shape index (κ3) is 3.33. The molecule has 0 amide bonds. The summed E-state index contributed by atoms with van der Waals surface area (Å²) in [5.41, 5.74) is 7.24. The van der Waals surface area contributed by atoms with Crippen LogP contribution in [0, 0.1) is 5.82 Å². The number of nitrogen functional groups attached to an aromatic ring is 1. The molecular formula is C14H10BrClFNO. The molecule has 0 bridgehead atoms. The molecule has 0 fully saturated rings. The summed E-state index contributed by atoms with van der Waals surface area (Å²) in [5.74, 6) is -0.491. The molecule has 98 valence electrons. The molecule has 19 heavy (non-hydrogen) atoms. The molecule has 0 spiro atoms. The number of carbonyl (C=O) groups excluding carboxylic acids is 1. The maximum absolute atomic E-state index is 13.1. The molecule has 0 unspecified atom stereocenters. The van der Waals surface area contributed by atoms with E-state index in [1.54, 1.807) is 24.3 Å². The zero-order chi connectivity index (χ0) is 14.0. The maximum Gasteiger partial charge on any atom is 0.169 e. The monoisotopic (exact) mass is 341 g/mol. The quantitative estimate of drug-likeness (QED) is 0.669. The van der Waals surface area contributed by atoms with Crippen LogP contribution in [0.2, 0.25) is 5.02 Å². The minimum atomic E-state index is -0.359. The average molecular weight is 343 g/mol. The topological polar surface area (TPSA) is 43.1 Å². The van der Waals surface area contributed by atoms with Gasteiger partial charge in [0.15, 0.2) is 5.78 Å². The summed E-state index contributed by atoms with van der Waals surface area (Å²) in [6, 6.07) is 9.22. The Kier molecular flexibility index (Phi) is 4.22. The van der Waals surface area contributed by atoms with Crippen LogP contribution in [-0.4, -0.2) is 5.78 Å². The summed E-state index contributed by atoms with van der Waals surface area (Å²) in [6.45, 7) is 0. The van der Waals surface area contributed by atoms with Gasteiger partial charge in [-0.25, -0.2) is 4.39 Å². The Balaban J connectivity index is 2.23. The lowest BCUT2D eigenvalue weighted by Crippen LogP contribution is -2.07. The number of halogens is 3. The Morgan fingerprint density at radius 3 is 2.63 bits per heavy atom. The van der Waals surface area contributed by atoms with E-state index in [-0.39, 0.29) is 18.0 Å². The minimum absolute atomic E-state index is 0.132. The van der Waals surface area contributed by atoms with Crippen LogP contribution in [-0.2, 0) is 6.42 Å². The molecule has 0 aliphatic rings. The van der Waals surface area contributed by atoms with Gasteiger partial charge in [-0.15, -0.1) is 0 Å². The van der Waals surface area contributed by atoms with Crippen LogP contribution in [0.1, 0.15) is 15.9 Å². The third-order valence-electron chi connectivity index (χ3n) is 2.66. The number of ketones is 1. The van der Waals surface area contributed by atoms with Gasteiger partial charge < -0.3 is 5.73 Å². The first-order chi connectivity index (χ1) is 8.97. The molecule has 2 nitrogen and oxygen atoms in total. The van der Waals surface area contributed by atoms with E-state index in [1.165, 1.54) is 12.1 Å². The van der Waals surface area contributed by atoms with Crippen LogP contribution in [0.4, 0.5) is 10.1 Å². The van der Waals surface area contributed by atoms with Crippen LogP contribution < -0.4 is 5.73 Å². The van der Waals surface area contributed by atoms with Gasteiger partial charge in [0.1, 0.15) is 5.82 Å². The van der Waals surface area contributed by atoms with Gasteiger partial charge in [0.25, 0.3) is 0 Å². The molecule has 0 atom stereocenters. The maximum atomic E-state index is 13.1. The van der Waals surface area contributed by atoms with Crippen molar-refractivity contribution in [3.8, 4) is 0 Å². The van der Waals surface area contributed by atoms with Crippen molar-refractivity contribution in [3.05, 3.63) is 62.8 Å². The van der Waals surface area contributed by atoms with Crippen LogP contribution >= 0.6 is 27.5 Å². The average Bonchev–Trinajstić information content (AvgIpc) is 2.33. The first-order valence-corrected chi connectivity index (χ1v) is 6.66. The molecule has 2 N–H and O–H groups in total. The molecule has 0 saturated heterocycles. The molecule has 2 aromatic rings. The van der Waals surface area contributed by atoms with E-state index in [4.69, 9.17) is 17.3 Å². The van der Waals surface area contributed by atoms with E-state index in [2.05, 4.69) is 15.9 Å². The van der Waals surface area contributed by atoms with Gasteiger partial charge >= 0.3 is 0 Å². The van der Waals surface area contributed by atoms with Crippen molar-refractivity contribution in [2.24, 2.45) is 0 Å². The number of rotatable bonds is 3. The molecule has 2 rings (SSSR count). The van der Waals surface area contributed by atoms with Crippen molar-refractivity contribution in [2.75, 3.05) is 5.73 Å². The fourth-order valence-electron chi connectivity index (χ4n) is 1.72. The summed E-state index contributed by atoms with van der Waals surface area (Å²) in [5, 5.41) is 0.485. The van der Waals surface area contributed by atoms with E-state index in [0.717, 1.165) is 0 Å². The Hall–Kier alpha value is -1.39. The summed E-state index contributed by atoms with van der Waals surface area (Å²) in [7, 11) is 0. The van der Waals surface area contributed by atoms with Gasteiger partial charge in [0.2, 0.25) is 0 Å². The second-order valence-corrected chi connectivity index (χ2v) is 5.37. The van der Waals surface area contributed by atoms with Gasteiger partial charge in [-0.2, -0.15) is 0 Å². The van der Waals surface area contributed by atoms with Gasteiger partial charge in [-0.3, -0.25) is 4.79 Å². The number of hydrogen-bond acceptors (Lipinski definition) is 2. The Labute approximate surface area is 123 Å². The highest BCUT2D eigenvalue weighted by Gasteiger charge is 2.12. The lowest BCUT2D eigenvalue weighted by molar-refractivity contribution is 0.0994. The van der Waals surface area contributed by atoms with Gasteiger partial charge in [0.05, 0.1) is 4.47 Å². The third-order valence-corrected chi connectivity index (χ3v) is 3.51. The van der Waals surface area contributed by atoms with Crippen molar-refractivity contribution < 1.29 is 9.18 Å². The van der Waals surface area contributed by atoms with Gasteiger partial charge in [-0.1, -0.05) is 17.7 Å². The molecule has 0 saturated carbocycles. The fourth-order valence-corrected chi connectivity index (χ4v) is 2.32. The highest BCUT2D eigenvalue weighted by molar-refractivity contribution is 9.10. The van der Waals surface area contributed by atoms with Crippen molar-refractivity contribution in [1.29, 1.82) is 0 Å². The van der Waals surface area contributed by atoms with Crippen LogP contribution in [0.15, 0.2) is 40.9 Å². The number of Topliss-reactive ketones (excluding diaryl/α,β-unsaturated/α-hetero) is 1. The first kappa shape index (κ1) is 14.0. The summed E-state index contributed by atoms with van der Waals surface area (Å²) < 4.78 is 13.4. The number of benzene rings is 2. The van der Waals surface area contributed by atoms with Gasteiger partial charge in [0, 0.05) is 22.7 Å². The Morgan fingerprint density at radius 1 is 1.26 bits per heavy atom.